The number of hydrogen-bond donors (Lipinski definition) is 1. The summed E-state index contributed by atoms with van der Waals surface area (Å²) in [6, 6.07) is 2.96. The third-order valence-corrected chi connectivity index (χ3v) is 2.32. The molecule has 0 aliphatic rings. The highest BCUT2D eigenvalue weighted by atomic mass is 16.5. The van der Waals surface area contributed by atoms with Gasteiger partial charge in [0.15, 0.2) is 0 Å². The van der Waals surface area contributed by atoms with E-state index in [1.54, 1.807) is 19.3 Å². The van der Waals surface area contributed by atoms with E-state index < -0.39 is 0 Å². The minimum Gasteiger partial charge on any atom is -0.382 e. The van der Waals surface area contributed by atoms with Crippen molar-refractivity contribution < 1.29 is 9.53 Å². The van der Waals surface area contributed by atoms with E-state index in [1.165, 1.54) is 10.6 Å². The molecule has 5 heteroatoms. The zero-order chi connectivity index (χ0) is 12.7. The van der Waals surface area contributed by atoms with Gasteiger partial charge < -0.3 is 14.6 Å². The quantitative estimate of drug-likeness (QED) is 0.736. The van der Waals surface area contributed by atoms with Crippen LogP contribution in [0.2, 0.25) is 0 Å². The van der Waals surface area contributed by atoms with Crippen molar-refractivity contribution in [3.8, 4) is 0 Å². The first-order valence-electron chi connectivity index (χ1n) is 5.67. The molecule has 0 saturated carbocycles. The van der Waals surface area contributed by atoms with Gasteiger partial charge in [0.2, 0.25) is 0 Å². The van der Waals surface area contributed by atoms with Crippen LogP contribution >= 0.6 is 0 Å². The van der Waals surface area contributed by atoms with E-state index >= 15 is 0 Å². The minimum absolute atomic E-state index is 0.188. The topological polar surface area (TPSA) is 60.3 Å². The predicted octanol–water partition coefficient (Wildman–Crippen LogP) is 0.542. The van der Waals surface area contributed by atoms with Crippen LogP contribution in [0.3, 0.4) is 0 Å². The molecule has 0 spiro atoms. The summed E-state index contributed by atoms with van der Waals surface area (Å²) < 4.78 is 6.57. The average molecular weight is 238 g/mol. The van der Waals surface area contributed by atoms with Crippen molar-refractivity contribution in [1.29, 1.82) is 0 Å². The molecule has 94 valence electrons. The van der Waals surface area contributed by atoms with E-state index in [0.717, 1.165) is 6.42 Å². The summed E-state index contributed by atoms with van der Waals surface area (Å²) in [5.41, 5.74) is 0.205. The molecule has 0 atom stereocenters. The van der Waals surface area contributed by atoms with Gasteiger partial charge in [0.05, 0.1) is 0 Å². The third-order valence-electron chi connectivity index (χ3n) is 2.32. The van der Waals surface area contributed by atoms with Crippen LogP contribution in [0.1, 0.15) is 23.7 Å². The van der Waals surface area contributed by atoms with Gasteiger partial charge in [-0.3, -0.25) is 9.59 Å². The summed E-state index contributed by atoms with van der Waals surface area (Å²) in [4.78, 5) is 23.0. The van der Waals surface area contributed by atoms with Crippen LogP contribution in [0.25, 0.3) is 0 Å². The first-order valence-corrected chi connectivity index (χ1v) is 5.67. The Kier molecular flexibility index (Phi) is 5.42. The lowest BCUT2D eigenvalue weighted by Crippen LogP contribution is -2.27. The molecule has 17 heavy (non-hydrogen) atoms. The standard InChI is InChI=1S/C12H18N2O3/c1-3-17-8-4-6-13-12(16)10-5-7-14(2)11(15)9-10/h5,7,9H,3-4,6,8H2,1-2H3,(H,13,16). The van der Waals surface area contributed by atoms with Gasteiger partial charge in [-0.25, -0.2) is 0 Å². The molecular formula is C12H18N2O3. The van der Waals surface area contributed by atoms with Gasteiger partial charge in [0, 0.05) is 44.6 Å². The summed E-state index contributed by atoms with van der Waals surface area (Å²) in [6.07, 6.45) is 2.35. The smallest absolute Gasteiger partial charge is 0.251 e. The fourth-order valence-corrected chi connectivity index (χ4v) is 1.31. The Labute approximate surface area is 100 Å². The Morgan fingerprint density at radius 2 is 2.29 bits per heavy atom. The van der Waals surface area contributed by atoms with Crippen LogP contribution in [0, 0.1) is 0 Å². The Morgan fingerprint density at radius 3 is 2.94 bits per heavy atom. The second kappa shape index (κ2) is 6.85. The Balaban J connectivity index is 2.42. The van der Waals surface area contributed by atoms with Gasteiger partial charge in [0.1, 0.15) is 0 Å². The molecule has 0 radical (unpaired) electrons. The summed E-state index contributed by atoms with van der Waals surface area (Å²) in [5, 5.41) is 2.74. The van der Waals surface area contributed by atoms with Crippen LogP contribution in [-0.2, 0) is 11.8 Å². The SMILES string of the molecule is CCOCCCNC(=O)c1ccn(C)c(=O)c1. The molecule has 1 aromatic heterocycles. The Bertz CT molecular complexity index is 426. The molecule has 1 aromatic rings. The molecule has 0 aliphatic carbocycles. The van der Waals surface area contributed by atoms with Crippen molar-refractivity contribution in [2.75, 3.05) is 19.8 Å². The van der Waals surface area contributed by atoms with Crippen molar-refractivity contribution in [2.24, 2.45) is 7.05 Å². The Morgan fingerprint density at radius 1 is 1.53 bits per heavy atom. The lowest BCUT2D eigenvalue weighted by atomic mass is 10.2. The van der Waals surface area contributed by atoms with Crippen molar-refractivity contribution in [1.82, 2.24) is 9.88 Å². The number of aromatic nitrogens is 1. The maximum atomic E-state index is 11.6. The highest BCUT2D eigenvalue weighted by molar-refractivity contribution is 5.93. The number of hydrogen-bond acceptors (Lipinski definition) is 3. The zero-order valence-electron chi connectivity index (χ0n) is 10.2. The van der Waals surface area contributed by atoms with E-state index in [1.807, 2.05) is 6.92 Å². The van der Waals surface area contributed by atoms with Crippen LogP contribution in [0.15, 0.2) is 23.1 Å². The maximum absolute atomic E-state index is 11.6. The molecule has 0 saturated heterocycles. The average Bonchev–Trinajstić information content (AvgIpc) is 2.32. The van der Waals surface area contributed by atoms with E-state index in [9.17, 15) is 9.59 Å². The lowest BCUT2D eigenvalue weighted by Gasteiger charge is -2.05. The Hall–Kier alpha value is -1.62. The summed E-state index contributed by atoms with van der Waals surface area (Å²) in [6.45, 7) is 3.79. The summed E-state index contributed by atoms with van der Waals surface area (Å²) in [5.74, 6) is -0.223. The number of nitrogens with zero attached hydrogens (tertiary/aromatic N) is 1. The van der Waals surface area contributed by atoms with Crippen LogP contribution in [0.5, 0.6) is 0 Å². The van der Waals surface area contributed by atoms with Gasteiger partial charge in [-0.2, -0.15) is 0 Å². The highest BCUT2D eigenvalue weighted by Gasteiger charge is 2.05. The van der Waals surface area contributed by atoms with E-state index in [-0.39, 0.29) is 11.5 Å². The molecule has 1 heterocycles. The number of aryl methyl sites for hydroxylation is 1. The molecular weight excluding hydrogens is 220 g/mol. The van der Waals surface area contributed by atoms with Crippen molar-refractivity contribution >= 4 is 5.91 Å². The van der Waals surface area contributed by atoms with E-state index in [0.29, 0.717) is 25.3 Å². The van der Waals surface area contributed by atoms with Crippen molar-refractivity contribution in [3.05, 3.63) is 34.2 Å². The number of ether oxygens (including phenoxy) is 1. The fourth-order valence-electron chi connectivity index (χ4n) is 1.31. The normalized spacial score (nSPS) is 10.2. The number of rotatable bonds is 6. The minimum atomic E-state index is -0.223. The number of amides is 1. The van der Waals surface area contributed by atoms with Crippen LogP contribution in [0.4, 0.5) is 0 Å². The van der Waals surface area contributed by atoms with Crippen LogP contribution in [-0.4, -0.2) is 30.2 Å². The predicted molar refractivity (Wildman–Crippen MR) is 65.1 cm³/mol. The number of carbonyl (C=O) groups is 1. The van der Waals surface area contributed by atoms with Crippen molar-refractivity contribution in [2.45, 2.75) is 13.3 Å². The van der Waals surface area contributed by atoms with Crippen LogP contribution < -0.4 is 10.9 Å². The molecule has 5 nitrogen and oxygen atoms in total. The zero-order valence-corrected chi connectivity index (χ0v) is 10.2. The molecule has 0 unspecified atom stereocenters. The third kappa shape index (κ3) is 4.40. The largest absolute Gasteiger partial charge is 0.382 e. The summed E-state index contributed by atoms with van der Waals surface area (Å²) >= 11 is 0. The number of pyridine rings is 1. The molecule has 1 rings (SSSR count). The maximum Gasteiger partial charge on any atom is 0.251 e. The second-order valence-corrected chi connectivity index (χ2v) is 3.67. The van der Waals surface area contributed by atoms with Gasteiger partial charge in [-0.15, -0.1) is 0 Å². The first kappa shape index (κ1) is 13.4. The summed E-state index contributed by atoms with van der Waals surface area (Å²) in [7, 11) is 1.64. The fraction of sp³-hybridized carbons (Fsp3) is 0.500. The van der Waals surface area contributed by atoms with Gasteiger partial charge >= 0.3 is 0 Å². The number of nitrogens with one attached hydrogen (secondary N) is 1. The van der Waals surface area contributed by atoms with E-state index in [4.69, 9.17) is 4.74 Å². The molecule has 0 bridgehead atoms. The lowest BCUT2D eigenvalue weighted by molar-refractivity contribution is 0.0944. The van der Waals surface area contributed by atoms with Gasteiger partial charge in [-0.1, -0.05) is 0 Å². The van der Waals surface area contributed by atoms with Crippen molar-refractivity contribution in [3.63, 3.8) is 0 Å². The second-order valence-electron chi connectivity index (χ2n) is 3.67. The highest BCUT2D eigenvalue weighted by Crippen LogP contribution is 1.94. The number of carbonyl (C=O) groups excluding carboxylic acids is 1. The molecule has 0 fully saturated rings. The van der Waals surface area contributed by atoms with E-state index in [2.05, 4.69) is 5.32 Å². The molecule has 1 N–H and O–H groups in total. The van der Waals surface area contributed by atoms with Gasteiger partial charge in [0.25, 0.3) is 11.5 Å². The molecule has 0 aliphatic heterocycles. The molecule has 1 amide bonds. The molecule has 0 aromatic carbocycles. The first-order chi connectivity index (χ1) is 8.15. The van der Waals surface area contributed by atoms with Gasteiger partial charge in [-0.05, 0) is 19.4 Å². The monoisotopic (exact) mass is 238 g/mol.